The minimum absolute atomic E-state index is 0.0146. The van der Waals surface area contributed by atoms with Gasteiger partial charge in [0.15, 0.2) is 6.10 Å². The SMILES string of the molecule is COC(CNC(=O)C1(c2ccccc2)CCCC1)C(=O)O. The Hall–Kier alpha value is -1.88. The number of nitrogens with one attached hydrogen (secondary N) is 1. The summed E-state index contributed by atoms with van der Waals surface area (Å²) in [4.78, 5) is 23.6. The summed E-state index contributed by atoms with van der Waals surface area (Å²) in [6.45, 7) is -0.0146. The van der Waals surface area contributed by atoms with Crippen LogP contribution in [0.3, 0.4) is 0 Å². The van der Waals surface area contributed by atoms with Gasteiger partial charge in [0.05, 0.1) is 12.0 Å². The molecule has 5 nitrogen and oxygen atoms in total. The molecule has 0 saturated heterocycles. The van der Waals surface area contributed by atoms with E-state index in [1.54, 1.807) is 0 Å². The summed E-state index contributed by atoms with van der Waals surface area (Å²) in [5, 5.41) is 11.7. The molecule has 0 spiro atoms. The summed E-state index contributed by atoms with van der Waals surface area (Å²) in [5.41, 5.74) is 0.474. The van der Waals surface area contributed by atoms with Crippen molar-refractivity contribution in [2.75, 3.05) is 13.7 Å². The van der Waals surface area contributed by atoms with Crippen molar-refractivity contribution in [1.29, 1.82) is 0 Å². The number of carbonyl (C=O) groups excluding carboxylic acids is 1. The summed E-state index contributed by atoms with van der Waals surface area (Å²) in [7, 11) is 1.33. The van der Waals surface area contributed by atoms with Gasteiger partial charge in [-0.15, -0.1) is 0 Å². The second kappa shape index (κ2) is 6.72. The van der Waals surface area contributed by atoms with Crippen molar-refractivity contribution >= 4 is 11.9 Å². The van der Waals surface area contributed by atoms with Gasteiger partial charge in [0, 0.05) is 7.11 Å². The van der Waals surface area contributed by atoms with Crippen LogP contribution in [0.5, 0.6) is 0 Å². The number of carbonyl (C=O) groups is 2. The number of benzene rings is 1. The normalized spacial score (nSPS) is 18.1. The van der Waals surface area contributed by atoms with Gasteiger partial charge in [0.1, 0.15) is 0 Å². The number of methoxy groups -OCH3 is 1. The van der Waals surface area contributed by atoms with Crippen LogP contribution >= 0.6 is 0 Å². The molecule has 114 valence electrons. The van der Waals surface area contributed by atoms with E-state index < -0.39 is 17.5 Å². The molecule has 1 aromatic carbocycles. The third-order valence-corrected chi connectivity index (χ3v) is 4.23. The van der Waals surface area contributed by atoms with Crippen LogP contribution in [-0.2, 0) is 19.7 Å². The lowest BCUT2D eigenvalue weighted by Gasteiger charge is -2.28. The second-order valence-electron chi connectivity index (χ2n) is 5.43. The Labute approximate surface area is 124 Å². The zero-order valence-corrected chi connectivity index (χ0v) is 12.2. The summed E-state index contributed by atoms with van der Waals surface area (Å²) in [6, 6.07) is 9.72. The molecule has 1 aliphatic carbocycles. The molecule has 1 saturated carbocycles. The quantitative estimate of drug-likeness (QED) is 0.836. The molecule has 1 amide bonds. The molecule has 2 N–H and O–H groups in total. The van der Waals surface area contributed by atoms with E-state index >= 15 is 0 Å². The van der Waals surface area contributed by atoms with E-state index in [2.05, 4.69) is 5.32 Å². The van der Waals surface area contributed by atoms with Crippen LogP contribution < -0.4 is 5.32 Å². The zero-order valence-electron chi connectivity index (χ0n) is 12.2. The molecule has 0 bridgehead atoms. The van der Waals surface area contributed by atoms with E-state index in [0.29, 0.717) is 0 Å². The summed E-state index contributed by atoms with van der Waals surface area (Å²) < 4.78 is 4.85. The third-order valence-electron chi connectivity index (χ3n) is 4.23. The predicted molar refractivity (Wildman–Crippen MR) is 78.0 cm³/mol. The van der Waals surface area contributed by atoms with Crippen molar-refractivity contribution in [3.8, 4) is 0 Å². The smallest absolute Gasteiger partial charge is 0.334 e. The Morgan fingerprint density at radius 1 is 1.29 bits per heavy atom. The van der Waals surface area contributed by atoms with Gasteiger partial charge in [-0.1, -0.05) is 43.2 Å². The van der Waals surface area contributed by atoms with E-state index in [-0.39, 0.29) is 12.5 Å². The van der Waals surface area contributed by atoms with Gasteiger partial charge in [-0.3, -0.25) is 4.79 Å². The van der Waals surface area contributed by atoms with Crippen LogP contribution in [0.1, 0.15) is 31.2 Å². The average Bonchev–Trinajstić information content (AvgIpc) is 2.99. The highest BCUT2D eigenvalue weighted by Crippen LogP contribution is 2.41. The molecule has 1 aliphatic rings. The molecule has 21 heavy (non-hydrogen) atoms. The first-order valence-electron chi connectivity index (χ1n) is 7.19. The molecule has 1 atom stereocenters. The third kappa shape index (κ3) is 3.24. The number of carboxylic acids is 1. The molecule has 0 aliphatic heterocycles. The van der Waals surface area contributed by atoms with Gasteiger partial charge >= 0.3 is 5.97 Å². The van der Waals surface area contributed by atoms with Crippen molar-refractivity contribution in [3.05, 3.63) is 35.9 Å². The Balaban J connectivity index is 2.12. The van der Waals surface area contributed by atoms with Gasteiger partial charge in [-0.05, 0) is 18.4 Å². The first-order valence-corrected chi connectivity index (χ1v) is 7.19. The first kappa shape index (κ1) is 15.5. The number of aliphatic carboxylic acids is 1. The standard InChI is InChI=1S/C16H21NO4/c1-21-13(14(18)19)11-17-15(20)16(9-5-6-10-16)12-7-3-2-4-8-12/h2-4,7-8,13H,5-6,9-11H2,1H3,(H,17,20)(H,18,19). The monoisotopic (exact) mass is 291 g/mol. The lowest BCUT2D eigenvalue weighted by molar-refractivity contribution is -0.148. The fourth-order valence-corrected chi connectivity index (χ4v) is 3.01. The number of carboxylic acid groups (broad SMARTS) is 1. The minimum atomic E-state index is -1.07. The number of rotatable bonds is 6. The van der Waals surface area contributed by atoms with E-state index in [1.807, 2.05) is 30.3 Å². The molecule has 1 aromatic rings. The fraction of sp³-hybridized carbons (Fsp3) is 0.500. The first-order chi connectivity index (χ1) is 10.1. The maximum Gasteiger partial charge on any atom is 0.334 e. The van der Waals surface area contributed by atoms with Gasteiger partial charge in [-0.25, -0.2) is 4.79 Å². The summed E-state index contributed by atoms with van der Waals surface area (Å²) in [6.07, 6.45) is 2.61. The van der Waals surface area contributed by atoms with Crippen LogP contribution in [0, 0.1) is 0 Å². The number of ether oxygens (including phenoxy) is 1. The van der Waals surface area contributed by atoms with Crippen molar-refractivity contribution < 1.29 is 19.4 Å². The predicted octanol–water partition coefficient (Wildman–Crippen LogP) is 1.71. The van der Waals surface area contributed by atoms with Gasteiger partial charge in [0.25, 0.3) is 0 Å². The van der Waals surface area contributed by atoms with Crippen molar-refractivity contribution in [2.45, 2.75) is 37.2 Å². The topological polar surface area (TPSA) is 75.6 Å². The number of hydrogen-bond donors (Lipinski definition) is 2. The Morgan fingerprint density at radius 3 is 2.43 bits per heavy atom. The van der Waals surface area contributed by atoms with Crippen LogP contribution in [-0.4, -0.2) is 36.7 Å². The molecule has 0 radical (unpaired) electrons. The average molecular weight is 291 g/mol. The lowest BCUT2D eigenvalue weighted by atomic mass is 9.78. The molecule has 1 unspecified atom stereocenters. The van der Waals surface area contributed by atoms with E-state index in [9.17, 15) is 9.59 Å². The Kier molecular flexibility index (Phi) is 4.96. The van der Waals surface area contributed by atoms with Crippen LogP contribution in [0.2, 0.25) is 0 Å². The zero-order chi connectivity index (χ0) is 15.3. The summed E-state index contributed by atoms with van der Waals surface area (Å²) in [5.74, 6) is -1.17. The van der Waals surface area contributed by atoms with E-state index in [1.165, 1.54) is 7.11 Å². The van der Waals surface area contributed by atoms with Crippen LogP contribution in [0.25, 0.3) is 0 Å². The molecular weight excluding hydrogens is 270 g/mol. The summed E-state index contributed by atoms with van der Waals surface area (Å²) >= 11 is 0. The number of hydrogen-bond acceptors (Lipinski definition) is 3. The maximum atomic E-state index is 12.7. The second-order valence-corrected chi connectivity index (χ2v) is 5.43. The Morgan fingerprint density at radius 2 is 1.90 bits per heavy atom. The Bertz CT molecular complexity index is 494. The van der Waals surface area contributed by atoms with Crippen LogP contribution in [0.15, 0.2) is 30.3 Å². The largest absolute Gasteiger partial charge is 0.479 e. The molecule has 2 rings (SSSR count). The molecule has 5 heteroatoms. The van der Waals surface area contributed by atoms with E-state index in [0.717, 1.165) is 31.2 Å². The van der Waals surface area contributed by atoms with Crippen LogP contribution in [0.4, 0.5) is 0 Å². The van der Waals surface area contributed by atoms with Crippen molar-refractivity contribution in [3.63, 3.8) is 0 Å². The highest BCUT2D eigenvalue weighted by atomic mass is 16.5. The minimum Gasteiger partial charge on any atom is -0.479 e. The lowest BCUT2D eigenvalue weighted by Crippen LogP contribution is -2.46. The van der Waals surface area contributed by atoms with Gasteiger partial charge < -0.3 is 15.2 Å². The molecule has 1 fully saturated rings. The van der Waals surface area contributed by atoms with Gasteiger partial charge in [0.2, 0.25) is 5.91 Å². The van der Waals surface area contributed by atoms with E-state index in [4.69, 9.17) is 9.84 Å². The van der Waals surface area contributed by atoms with Crippen molar-refractivity contribution in [1.82, 2.24) is 5.32 Å². The maximum absolute atomic E-state index is 12.7. The fourth-order valence-electron chi connectivity index (χ4n) is 3.01. The number of amides is 1. The molecule has 0 aromatic heterocycles. The van der Waals surface area contributed by atoms with Crippen molar-refractivity contribution in [2.24, 2.45) is 0 Å². The molecular formula is C16H21NO4. The highest BCUT2D eigenvalue weighted by Gasteiger charge is 2.42. The highest BCUT2D eigenvalue weighted by molar-refractivity contribution is 5.89. The molecule has 0 heterocycles. The van der Waals surface area contributed by atoms with Gasteiger partial charge in [-0.2, -0.15) is 0 Å².